The normalized spacial score (nSPS) is 17.1. The van der Waals surface area contributed by atoms with Crippen LogP contribution in [0.1, 0.15) is 51.9 Å². The van der Waals surface area contributed by atoms with Crippen molar-refractivity contribution in [2.45, 2.75) is 51.9 Å². The molecule has 0 N–H and O–H groups in total. The van der Waals surface area contributed by atoms with E-state index in [1.165, 1.54) is 58.2 Å². The molecule has 0 saturated carbocycles. The second kappa shape index (κ2) is 8.51. The van der Waals surface area contributed by atoms with Crippen LogP contribution in [-0.2, 0) is 4.79 Å². The number of unbranched alkanes of at least 4 members (excludes halogenated alkanes) is 3. The molecule has 0 bridgehead atoms. The van der Waals surface area contributed by atoms with Gasteiger partial charge in [-0.3, -0.25) is 4.79 Å². The fraction of sp³-hybridized carbons (Fsp3) is 0.929. The van der Waals surface area contributed by atoms with Gasteiger partial charge in [0.25, 0.3) is 0 Å². The molecule has 1 aliphatic rings. The summed E-state index contributed by atoms with van der Waals surface area (Å²) in [5.74, 6) is 0.179. The van der Waals surface area contributed by atoms with Gasteiger partial charge in [0.15, 0.2) is 0 Å². The van der Waals surface area contributed by atoms with Gasteiger partial charge < -0.3 is 9.80 Å². The first-order valence-corrected chi connectivity index (χ1v) is 7.14. The van der Waals surface area contributed by atoms with Crippen molar-refractivity contribution in [3.8, 4) is 0 Å². The van der Waals surface area contributed by atoms with E-state index in [9.17, 15) is 4.79 Å². The number of nitrogens with zero attached hydrogens (tertiary/aromatic N) is 2. The number of piperidine rings is 1. The van der Waals surface area contributed by atoms with Crippen LogP contribution in [0.4, 0.5) is 0 Å². The summed E-state index contributed by atoms with van der Waals surface area (Å²) in [5.41, 5.74) is 0. The second-order valence-electron chi connectivity index (χ2n) is 5.26. The predicted molar refractivity (Wildman–Crippen MR) is 72.1 cm³/mol. The fourth-order valence-corrected chi connectivity index (χ4v) is 2.38. The minimum atomic E-state index is 0.179. The van der Waals surface area contributed by atoms with Gasteiger partial charge in [0.2, 0.25) is 5.91 Å². The van der Waals surface area contributed by atoms with Gasteiger partial charge in [-0.25, -0.2) is 0 Å². The lowest BCUT2D eigenvalue weighted by Gasteiger charge is -2.26. The molecule has 1 fully saturated rings. The van der Waals surface area contributed by atoms with Crippen molar-refractivity contribution in [2.24, 2.45) is 0 Å². The van der Waals surface area contributed by atoms with Crippen molar-refractivity contribution in [2.75, 3.05) is 33.2 Å². The van der Waals surface area contributed by atoms with Crippen molar-refractivity contribution in [1.82, 2.24) is 9.80 Å². The minimum Gasteiger partial charge on any atom is -0.346 e. The number of hydrogen-bond acceptors (Lipinski definition) is 2. The summed E-state index contributed by atoms with van der Waals surface area (Å²) >= 11 is 0. The van der Waals surface area contributed by atoms with Gasteiger partial charge in [-0.1, -0.05) is 19.3 Å². The fourth-order valence-electron chi connectivity index (χ4n) is 2.38. The molecule has 0 aromatic heterocycles. The number of amides is 1. The van der Waals surface area contributed by atoms with E-state index in [1.54, 1.807) is 6.92 Å². The third kappa shape index (κ3) is 6.67. The first-order valence-electron chi connectivity index (χ1n) is 7.14. The summed E-state index contributed by atoms with van der Waals surface area (Å²) in [4.78, 5) is 15.4. The molecule has 1 aliphatic heterocycles. The van der Waals surface area contributed by atoms with E-state index >= 15 is 0 Å². The molecule has 0 aromatic carbocycles. The van der Waals surface area contributed by atoms with E-state index in [0.717, 1.165) is 13.0 Å². The zero-order chi connectivity index (χ0) is 12.5. The van der Waals surface area contributed by atoms with Crippen LogP contribution in [0.5, 0.6) is 0 Å². The van der Waals surface area contributed by atoms with E-state index in [1.807, 2.05) is 11.9 Å². The Bertz CT molecular complexity index is 212. The highest BCUT2D eigenvalue weighted by molar-refractivity contribution is 5.72. The van der Waals surface area contributed by atoms with Gasteiger partial charge in [-0.2, -0.15) is 0 Å². The maximum atomic E-state index is 11.0. The molecule has 100 valence electrons. The third-order valence-corrected chi connectivity index (χ3v) is 3.70. The smallest absolute Gasteiger partial charge is 0.219 e. The number of rotatable bonds is 7. The molecule has 1 amide bonds. The second-order valence-corrected chi connectivity index (χ2v) is 5.26. The van der Waals surface area contributed by atoms with Crippen molar-refractivity contribution >= 4 is 5.91 Å². The number of carbonyl (C=O) groups excluding carboxylic acids is 1. The summed E-state index contributed by atoms with van der Waals surface area (Å²) in [5, 5.41) is 0. The van der Waals surface area contributed by atoms with Crippen LogP contribution in [0.25, 0.3) is 0 Å². The monoisotopic (exact) mass is 240 g/mol. The molecule has 1 rings (SSSR count). The SMILES string of the molecule is CC(=O)N(C)CCCCCCN1CCCCC1. The maximum Gasteiger partial charge on any atom is 0.219 e. The molecular formula is C14H28N2O. The van der Waals surface area contributed by atoms with Gasteiger partial charge in [0, 0.05) is 20.5 Å². The third-order valence-electron chi connectivity index (χ3n) is 3.70. The van der Waals surface area contributed by atoms with E-state index in [2.05, 4.69) is 4.90 Å². The highest BCUT2D eigenvalue weighted by atomic mass is 16.2. The maximum absolute atomic E-state index is 11.0. The lowest BCUT2D eigenvalue weighted by molar-refractivity contribution is -0.127. The molecule has 3 heteroatoms. The van der Waals surface area contributed by atoms with Gasteiger partial charge in [-0.05, 0) is 45.3 Å². The topological polar surface area (TPSA) is 23.6 Å². The van der Waals surface area contributed by atoms with Crippen LogP contribution in [0.2, 0.25) is 0 Å². The summed E-state index contributed by atoms with van der Waals surface area (Å²) in [6.45, 7) is 6.46. The molecule has 17 heavy (non-hydrogen) atoms. The van der Waals surface area contributed by atoms with Crippen molar-refractivity contribution in [3.05, 3.63) is 0 Å². The molecule has 0 unspecified atom stereocenters. The standard InChI is InChI=1S/C14H28N2O/c1-14(17)15(2)10-6-3-4-7-11-16-12-8-5-9-13-16/h3-13H2,1-2H3. The Kier molecular flexibility index (Phi) is 7.25. The largest absolute Gasteiger partial charge is 0.346 e. The van der Waals surface area contributed by atoms with Crippen LogP contribution in [0.15, 0.2) is 0 Å². The number of likely N-dealkylation sites (tertiary alicyclic amines) is 1. The Morgan fingerprint density at radius 2 is 1.71 bits per heavy atom. The van der Waals surface area contributed by atoms with Crippen molar-refractivity contribution < 1.29 is 4.79 Å². The van der Waals surface area contributed by atoms with Gasteiger partial charge in [-0.15, -0.1) is 0 Å². The van der Waals surface area contributed by atoms with Crippen LogP contribution in [0, 0.1) is 0 Å². The zero-order valence-electron chi connectivity index (χ0n) is 11.6. The Labute approximate surface area is 106 Å². The molecule has 0 aromatic rings. The van der Waals surface area contributed by atoms with Crippen LogP contribution in [0.3, 0.4) is 0 Å². The van der Waals surface area contributed by atoms with Gasteiger partial charge in [0.05, 0.1) is 0 Å². The lowest BCUT2D eigenvalue weighted by Crippen LogP contribution is -2.30. The Morgan fingerprint density at radius 1 is 1.06 bits per heavy atom. The van der Waals surface area contributed by atoms with E-state index in [-0.39, 0.29) is 5.91 Å². The van der Waals surface area contributed by atoms with Crippen LogP contribution >= 0.6 is 0 Å². The van der Waals surface area contributed by atoms with Crippen molar-refractivity contribution in [1.29, 1.82) is 0 Å². The molecule has 0 radical (unpaired) electrons. The molecule has 0 atom stereocenters. The summed E-state index contributed by atoms with van der Waals surface area (Å²) < 4.78 is 0. The summed E-state index contributed by atoms with van der Waals surface area (Å²) in [6, 6.07) is 0. The number of carbonyl (C=O) groups is 1. The quantitative estimate of drug-likeness (QED) is 0.638. The van der Waals surface area contributed by atoms with Crippen molar-refractivity contribution in [3.63, 3.8) is 0 Å². The summed E-state index contributed by atoms with van der Waals surface area (Å²) in [6.07, 6.45) is 9.24. The molecule has 1 heterocycles. The average molecular weight is 240 g/mol. The van der Waals surface area contributed by atoms with E-state index in [4.69, 9.17) is 0 Å². The Hall–Kier alpha value is -0.570. The highest BCUT2D eigenvalue weighted by Crippen LogP contribution is 2.10. The molecular weight excluding hydrogens is 212 g/mol. The average Bonchev–Trinajstić information content (AvgIpc) is 2.34. The minimum absolute atomic E-state index is 0.179. The lowest BCUT2D eigenvalue weighted by atomic mass is 10.1. The number of hydrogen-bond donors (Lipinski definition) is 0. The molecule has 0 spiro atoms. The highest BCUT2D eigenvalue weighted by Gasteiger charge is 2.08. The molecule has 3 nitrogen and oxygen atoms in total. The first kappa shape index (κ1) is 14.5. The van der Waals surface area contributed by atoms with Crippen LogP contribution in [-0.4, -0.2) is 48.9 Å². The molecule has 1 saturated heterocycles. The van der Waals surface area contributed by atoms with E-state index < -0.39 is 0 Å². The van der Waals surface area contributed by atoms with Gasteiger partial charge >= 0.3 is 0 Å². The Morgan fingerprint density at radius 3 is 2.35 bits per heavy atom. The van der Waals surface area contributed by atoms with Crippen LogP contribution < -0.4 is 0 Å². The summed E-state index contributed by atoms with van der Waals surface area (Å²) in [7, 11) is 1.88. The van der Waals surface area contributed by atoms with E-state index in [0.29, 0.717) is 0 Å². The first-order chi connectivity index (χ1) is 8.20. The zero-order valence-corrected chi connectivity index (χ0v) is 11.6. The predicted octanol–water partition coefficient (Wildman–Crippen LogP) is 2.51. The molecule has 0 aliphatic carbocycles. The van der Waals surface area contributed by atoms with Gasteiger partial charge in [0.1, 0.15) is 0 Å². The Balaban J connectivity index is 1.88.